The maximum atomic E-state index is 5.44. The molecule has 0 aromatic heterocycles. The Morgan fingerprint density at radius 1 is 1.07 bits per heavy atom. The van der Waals surface area contributed by atoms with Crippen LogP contribution in [0.2, 0.25) is 0 Å². The van der Waals surface area contributed by atoms with Gasteiger partial charge in [-0.3, -0.25) is 4.99 Å². The Balaban J connectivity index is 0.00000240. The maximum absolute atomic E-state index is 5.44. The van der Waals surface area contributed by atoms with Crippen molar-refractivity contribution in [3.63, 3.8) is 0 Å². The molecule has 2 aromatic rings. The maximum Gasteiger partial charge on any atom is 0.231 e. The highest BCUT2D eigenvalue weighted by Crippen LogP contribution is 2.32. The molecule has 156 valence electrons. The smallest absolute Gasteiger partial charge is 0.231 e. The van der Waals surface area contributed by atoms with Crippen molar-refractivity contribution in [1.82, 2.24) is 10.6 Å². The Kier molecular flexibility index (Phi) is 7.46. The van der Waals surface area contributed by atoms with Crippen LogP contribution < -0.4 is 25.0 Å². The average molecular weight is 508 g/mol. The van der Waals surface area contributed by atoms with Gasteiger partial charge in [0.25, 0.3) is 0 Å². The van der Waals surface area contributed by atoms with Crippen LogP contribution in [0.3, 0.4) is 0 Å². The summed E-state index contributed by atoms with van der Waals surface area (Å²) in [6.45, 7) is 3.02. The SMILES string of the molecule is CN=C(NCCc1ccc2c(c1)OCO2)NCc1ccc2c(c1)CCCN2C.I. The Morgan fingerprint density at radius 2 is 1.90 bits per heavy atom. The van der Waals surface area contributed by atoms with Gasteiger partial charge >= 0.3 is 0 Å². The molecular weight excluding hydrogens is 479 g/mol. The minimum Gasteiger partial charge on any atom is -0.454 e. The van der Waals surface area contributed by atoms with Gasteiger partial charge in [0, 0.05) is 39.4 Å². The molecule has 2 heterocycles. The van der Waals surface area contributed by atoms with E-state index in [4.69, 9.17) is 9.47 Å². The number of anilines is 1. The lowest BCUT2D eigenvalue weighted by molar-refractivity contribution is 0.174. The summed E-state index contributed by atoms with van der Waals surface area (Å²) in [6, 6.07) is 12.9. The number of ether oxygens (including phenoxy) is 2. The highest BCUT2D eigenvalue weighted by atomic mass is 127. The third-order valence-electron chi connectivity index (χ3n) is 5.32. The zero-order valence-electron chi connectivity index (χ0n) is 17.0. The fourth-order valence-corrected chi connectivity index (χ4v) is 3.78. The molecule has 2 aliphatic heterocycles. The first-order valence-electron chi connectivity index (χ1n) is 9.89. The minimum atomic E-state index is 0. The van der Waals surface area contributed by atoms with Gasteiger partial charge in [0.2, 0.25) is 6.79 Å². The van der Waals surface area contributed by atoms with Gasteiger partial charge in [-0.25, -0.2) is 0 Å². The number of aryl methyl sites for hydroxylation is 1. The average Bonchev–Trinajstić information content (AvgIpc) is 3.18. The van der Waals surface area contributed by atoms with E-state index in [0.717, 1.165) is 49.9 Å². The van der Waals surface area contributed by atoms with Crippen LogP contribution in [-0.2, 0) is 19.4 Å². The van der Waals surface area contributed by atoms with Gasteiger partial charge < -0.3 is 25.0 Å². The molecule has 0 atom stereocenters. The third-order valence-corrected chi connectivity index (χ3v) is 5.32. The van der Waals surface area contributed by atoms with Crippen LogP contribution in [0, 0.1) is 0 Å². The van der Waals surface area contributed by atoms with Crippen molar-refractivity contribution in [2.75, 3.05) is 38.9 Å². The molecule has 0 aliphatic carbocycles. The largest absolute Gasteiger partial charge is 0.454 e. The van der Waals surface area contributed by atoms with Crippen molar-refractivity contribution in [3.8, 4) is 11.5 Å². The molecule has 0 saturated carbocycles. The van der Waals surface area contributed by atoms with Gasteiger partial charge in [-0.05, 0) is 54.2 Å². The first kappa shape index (κ1) is 21.5. The number of nitrogens with one attached hydrogen (secondary N) is 2. The lowest BCUT2D eigenvalue weighted by Crippen LogP contribution is -2.37. The summed E-state index contributed by atoms with van der Waals surface area (Å²) in [6.07, 6.45) is 3.28. The van der Waals surface area contributed by atoms with Crippen molar-refractivity contribution < 1.29 is 9.47 Å². The molecule has 0 spiro atoms. The number of rotatable bonds is 5. The standard InChI is InChI=1S/C22H28N4O2.HI/c1-23-22(24-10-9-16-6-8-20-21(13-16)28-15-27-20)25-14-17-5-7-19-18(12-17)4-3-11-26(19)2;/h5-8,12-13H,3-4,9-11,14-15H2,1-2H3,(H2,23,24,25);1H. The molecule has 29 heavy (non-hydrogen) atoms. The Hall–Kier alpha value is -2.16. The van der Waals surface area contributed by atoms with Crippen molar-refractivity contribution in [2.24, 2.45) is 4.99 Å². The minimum absolute atomic E-state index is 0. The van der Waals surface area contributed by atoms with E-state index >= 15 is 0 Å². The molecular formula is C22H29IN4O2. The summed E-state index contributed by atoms with van der Waals surface area (Å²) < 4.78 is 10.8. The summed E-state index contributed by atoms with van der Waals surface area (Å²) in [5.74, 6) is 2.47. The van der Waals surface area contributed by atoms with Gasteiger partial charge in [-0.15, -0.1) is 24.0 Å². The summed E-state index contributed by atoms with van der Waals surface area (Å²) in [5.41, 5.74) is 5.30. The van der Waals surface area contributed by atoms with E-state index < -0.39 is 0 Å². The molecule has 0 amide bonds. The number of nitrogens with zero attached hydrogens (tertiary/aromatic N) is 2. The molecule has 0 saturated heterocycles. The van der Waals surface area contributed by atoms with Crippen LogP contribution in [0.15, 0.2) is 41.4 Å². The second-order valence-corrected chi connectivity index (χ2v) is 7.28. The summed E-state index contributed by atoms with van der Waals surface area (Å²) >= 11 is 0. The van der Waals surface area contributed by atoms with Crippen LogP contribution in [0.25, 0.3) is 0 Å². The van der Waals surface area contributed by atoms with Crippen molar-refractivity contribution in [3.05, 3.63) is 53.1 Å². The quantitative estimate of drug-likeness (QED) is 0.369. The summed E-state index contributed by atoms with van der Waals surface area (Å²) in [5, 5.41) is 6.80. The van der Waals surface area contributed by atoms with Gasteiger partial charge in [0.05, 0.1) is 0 Å². The number of aliphatic imine (C=N–C) groups is 1. The monoisotopic (exact) mass is 508 g/mol. The highest BCUT2D eigenvalue weighted by molar-refractivity contribution is 14.0. The second-order valence-electron chi connectivity index (χ2n) is 7.28. The van der Waals surface area contributed by atoms with Crippen molar-refractivity contribution in [2.45, 2.75) is 25.8 Å². The zero-order chi connectivity index (χ0) is 19.3. The fourth-order valence-electron chi connectivity index (χ4n) is 3.78. The lowest BCUT2D eigenvalue weighted by Gasteiger charge is -2.28. The predicted octanol–water partition coefficient (Wildman–Crippen LogP) is 3.32. The normalized spacial score (nSPS) is 14.8. The fraction of sp³-hybridized carbons (Fsp3) is 0.409. The van der Waals surface area contributed by atoms with Gasteiger partial charge in [-0.1, -0.05) is 18.2 Å². The van der Waals surface area contributed by atoms with E-state index in [-0.39, 0.29) is 24.0 Å². The number of hydrogen-bond donors (Lipinski definition) is 2. The number of benzene rings is 2. The second kappa shape index (κ2) is 10.0. The van der Waals surface area contributed by atoms with Crippen molar-refractivity contribution >= 4 is 35.6 Å². The Bertz CT molecular complexity index is 872. The molecule has 0 fully saturated rings. The predicted molar refractivity (Wildman–Crippen MR) is 128 cm³/mol. The van der Waals surface area contributed by atoms with Crippen LogP contribution in [0.5, 0.6) is 11.5 Å². The van der Waals surface area contributed by atoms with E-state index in [9.17, 15) is 0 Å². The Morgan fingerprint density at radius 3 is 2.76 bits per heavy atom. The van der Waals surface area contributed by atoms with Crippen LogP contribution in [0.4, 0.5) is 5.69 Å². The van der Waals surface area contributed by atoms with E-state index in [2.05, 4.69) is 51.8 Å². The van der Waals surface area contributed by atoms with E-state index in [1.54, 1.807) is 7.05 Å². The molecule has 0 bridgehead atoms. The Labute approximate surface area is 189 Å². The molecule has 2 aromatic carbocycles. The molecule has 2 N–H and O–H groups in total. The summed E-state index contributed by atoms with van der Waals surface area (Å²) in [4.78, 5) is 6.67. The number of hydrogen-bond acceptors (Lipinski definition) is 4. The topological polar surface area (TPSA) is 58.1 Å². The van der Waals surface area contributed by atoms with Crippen LogP contribution >= 0.6 is 24.0 Å². The molecule has 0 unspecified atom stereocenters. The molecule has 4 rings (SSSR count). The lowest BCUT2D eigenvalue weighted by atomic mass is 9.99. The molecule has 2 aliphatic rings. The van der Waals surface area contributed by atoms with E-state index in [1.165, 1.54) is 28.8 Å². The molecule has 6 nitrogen and oxygen atoms in total. The van der Waals surface area contributed by atoms with E-state index in [0.29, 0.717) is 6.79 Å². The molecule has 7 heteroatoms. The number of halogens is 1. The van der Waals surface area contributed by atoms with Crippen LogP contribution in [0.1, 0.15) is 23.1 Å². The zero-order valence-corrected chi connectivity index (χ0v) is 19.4. The van der Waals surface area contributed by atoms with Gasteiger partial charge in [-0.2, -0.15) is 0 Å². The first-order valence-corrected chi connectivity index (χ1v) is 9.89. The van der Waals surface area contributed by atoms with Gasteiger partial charge in [0.1, 0.15) is 0 Å². The number of fused-ring (bicyclic) bond motifs is 2. The molecule has 0 radical (unpaired) electrons. The number of guanidine groups is 1. The summed E-state index contributed by atoms with van der Waals surface area (Å²) in [7, 11) is 3.97. The van der Waals surface area contributed by atoms with E-state index in [1.807, 2.05) is 12.1 Å². The highest BCUT2D eigenvalue weighted by Gasteiger charge is 2.14. The van der Waals surface area contributed by atoms with Gasteiger partial charge in [0.15, 0.2) is 17.5 Å². The van der Waals surface area contributed by atoms with Crippen LogP contribution in [-0.4, -0.2) is 39.9 Å². The third kappa shape index (κ3) is 5.26. The first-order chi connectivity index (χ1) is 13.7. The van der Waals surface area contributed by atoms with Crippen molar-refractivity contribution in [1.29, 1.82) is 0 Å².